The van der Waals surface area contributed by atoms with Crippen LogP contribution < -0.4 is 9.62 Å². The van der Waals surface area contributed by atoms with Crippen molar-refractivity contribution in [1.82, 2.24) is 10.2 Å². The lowest BCUT2D eigenvalue weighted by atomic mass is 10.0. The molecule has 1 unspecified atom stereocenters. The van der Waals surface area contributed by atoms with E-state index < -0.39 is 16.1 Å². The van der Waals surface area contributed by atoms with E-state index in [4.69, 9.17) is 23.2 Å². The minimum absolute atomic E-state index is 0.0386. The summed E-state index contributed by atoms with van der Waals surface area (Å²) in [5.41, 5.74) is 2.93. The van der Waals surface area contributed by atoms with Gasteiger partial charge in [-0.15, -0.1) is 0 Å². The van der Waals surface area contributed by atoms with E-state index in [9.17, 15) is 18.0 Å². The predicted octanol–water partition coefficient (Wildman–Crippen LogP) is 5.62. The fourth-order valence-corrected chi connectivity index (χ4v) is 5.91. The smallest absolute Gasteiger partial charge is 0.243 e. The third kappa shape index (κ3) is 8.98. The Morgan fingerprint density at radius 2 is 1.60 bits per heavy atom. The van der Waals surface area contributed by atoms with Crippen LogP contribution in [-0.4, -0.2) is 50.5 Å². The molecule has 10 heteroatoms. The van der Waals surface area contributed by atoms with Gasteiger partial charge < -0.3 is 10.2 Å². The first-order chi connectivity index (χ1) is 19.0. The van der Waals surface area contributed by atoms with Crippen LogP contribution in [0.15, 0.2) is 72.8 Å². The second-order valence-electron chi connectivity index (χ2n) is 9.62. The molecule has 0 bridgehead atoms. The Hall–Kier alpha value is -3.07. The van der Waals surface area contributed by atoms with Gasteiger partial charge in [-0.3, -0.25) is 13.9 Å². The normalized spacial score (nSPS) is 12.0. The molecule has 0 aromatic heterocycles. The lowest BCUT2D eigenvalue weighted by Gasteiger charge is -2.32. The highest BCUT2D eigenvalue weighted by atomic mass is 35.5. The number of likely N-dealkylation sites (N-methyl/N-ethyl adjacent to an activating group) is 1. The Labute approximate surface area is 247 Å². The Morgan fingerprint density at radius 3 is 2.25 bits per heavy atom. The summed E-state index contributed by atoms with van der Waals surface area (Å²) < 4.78 is 26.6. The first kappa shape index (κ1) is 31.5. The van der Waals surface area contributed by atoms with Crippen molar-refractivity contribution < 1.29 is 18.0 Å². The van der Waals surface area contributed by atoms with Gasteiger partial charge in [0.1, 0.15) is 6.04 Å². The number of hydrogen-bond donors (Lipinski definition) is 1. The summed E-state index contributed by atoms with van der Waals surface area (Å²) >= 11 is 12.4. The van der Waals surface area contributed by atoms with Crippen LogP contribution in [0.3, 0.4) is 0 Å². The SMILES string of the molecule is CCNC(=O)C(Cc1ccccc1)N(Cc1cccc(Cl)c1)C(=O)CCCN(c1cc(Cl)ccc1C)S(C)(=O)=O. The molecule has 214 valence electrons. The molecule has 0 spiro atoms. The number of halogens is 2. The maximum Gasteiger partial charge on any atom is 0.243 e. The molecule has 1 atom stereocenters. The van der Waals surface area contributed by atoms with E-state index in [1.165, 1.54) is 4.31 Å². The lowest BCUT2D eigenvalue weighted by Crippen LogP contribution is -2.50. The van der Waals surface area contributed by atoms with Crippen molar-refractivity contribution in [3.63, 3.8) is 0 Å². The van der Waals surface area contributed by atoms with Gasteiger partial charge in [0.25, 0.3) is 0 Å². The Bertz CT molecular complexity index is 1420. The van der Waals surface area contributed by atoms with Crippen LogP contribution >= 0.6 is 23.2 Å². The zero-order chi connectivity index (χ0) is 29.3. The number of hydrogen-bond acceptors (Lipinski definition) is 4. The average molecular weight is 605 g/mol. The van der Waals surface area contributed by atoms with Crippen LogP contribution in [0.2, 0.25) is 10.0 Å². The monoisotopic (exact) mass is 603 g/mol. The van der Waals surface area contributed by atoms with E-state index in [1.807, 2.05) is 50.2 Å². The molecule has 1 N–H and O–H groups in total. The summed E-state index contributed by atoms with van der Waals surface area (Å²) in [5, 5.41) is 3.82. The van der Waals surface area contributed by atoms with E-state index in [2.05, 4.69) is 5.32 Å². The van der Waals surface area contributed by atoms with Crippen molar-refractivity contribution >= 4 is 50.7 Å². The van der Waals surface area contributed by atoms with Crippen LogP contribution in [-0.2, 0) is 32.6 Å². The van der Waals surface area contributed by atoms with Gasteiger partial charge in [-0.1, -0.05) is 71.7 Å². The molecular weight excluding hydrogens is 569 g/mol. The minimum atomic E-state index is -3.64. The van der Waals surface area contributed by atoms with Gasteiger partial charge in [0.05, 0.1) is 11.9 Å². The van der Waals surface area contributed by atoms with E-state index in [1.54, 1.807) is 41.3 Å². The fourth-order valence-electron chi connectivity index (χ4n) is 4.51. The first-order valence-electron chi connectivity index (χ1n) is 13.1. The molecule has 0 heterocycles. The second-order valence-corrected chi connectivity index (χ2v) is 12.4. The summed E-state index contributed by atoms with van der Waals surface area (Å²) in [4.78, 5) is 28.6. The van der Waals surface area contributed by atoms with Gasteiger partial charge in [0.15, 0.2) is 0 Å². The van der Waals surface area contributed by atoms with Gasteiger partial charge in [0.2, 0.25) is 21.8 Å². The van der Waals surface area contributed by atoms with Gasteiger partial charge in [-0.05, 0) is 61.2 Å². The van der Waals surface area contributed by atoms with Crippen LogP contribution in [0, 0.1) is 6.92 Å². The Kier molecular flexibility index (Phi) is 11.4. The van der Waals surface area contributed by atoms with Crippen LogP contribution in [0.5, 0.6) is 0 Å². The maximum absolute atomic E-state index is 13.8. The topological polar surface area (TPSA) is 86.8 Å². The van der Waals surface area contributed by atoms with Crippen molar-refractivity contribution in [1.29, 1.82) is 0 Å². The van der Waals surface area contributed by atoms with E-state index in [0.29, 0.717) is 28.7 Å². The summed E-state index contributed by atoms with van der Waals surface area (Å²) in [6.45, 7) is 4.32. The van der Waals surface area contributed by atoms with Crippen molar-refractivity contribution in [2.24, 2.45) is 0 Å². The number of carbonyl (C=O) groups is 2. The lowest BCUT2D eigenvalue weighted by molar-refractivity contribution is -0.141. The molecule has 2 amide bonds. The number of amides is 2. The van der Waals surface area contributed by atoms with Gasteiger partial charge in [0, 0.05) is 42.5 Å². The number of sulfonamides is 1. The Morgan fingerprint density at radius 1 is 0.925 bits per heavy atom. The largest absolute Gasteiger partial charge is 0.355 e. The van der Waals surface area contributed by atoms with Gasteiger partial charge in [-0.2, -0.15) is 0 Å². The summed E-state index contributed by atoms with van der Waals surface area (Å²) in [6, 6.07) is 21.0. The zero-order valence-electron chi connectivity index (χ0n) is 22.9. The quantitative estimate of drug-likeness (QED) is 0.274. The summed E-state index contributed by atoms with van der Waals surface area (Å²) in [5.74, 6) is -0.516. The predicted molar refractivity (Wildman–Crippen MR) is 162 cm³/mol. The maximum atomic E-state index is 13.8. The van der Waals surface area contributed by atoms with Crippen molar-refractivity contribution in [3.05, 3.63) is 99.5 Å². The molecule has 7 nitrogen and oxygen atoms in total. The number of nitrogens with zero attached hydrogens (tertiary/aromatic N) is 2. The van der Waals surface area contributed by atoms with Gasteiger partial charge >= 0.3 is 0 Å². The number of benzene rings is 3. The number of rotatable bonds is 13. The minimum Gasteiger partial charge on any atom is -0.355 e. The molecule has 0 saturated carbocycles. The highest BCUT2D eigenvalue weighted by Crippen LogP contribution is 2.27. The molecule has 3 aromatic carbocycles. The summed E-state index contributed by atoms with van der Waals surface area (Å²) in [7, 11) is -3.64. The molecule has 0 aliphatic heterocycles. The second kappa shape index (κ2) is 14.5. The Balaban J connectivity index is 1.88. The highest BCUT2D eigenvalue weighted by molar-refractivity contribution is 7.92. The zero-order valence-corrected chi connectivity index (χ0v) is 25.3. The van der Waals surface area contributed by atoms with Crippen LogP contribution in [0.1, 0.15) is 36.5 Å². The highest BCUT2D eigenvalue weighted by Gasteiger charge is 2.30. The standard InChI is InChI=1S/C30H35Cl2N3O4S/c1-4-33-30(37)28(19-23-10-6-5-7-11-23)34(21-24-12-8-13-25(31)18-24)29(36)14-9-17-35(40(3,38)39)27-20-26(32)16-15-22(27)2/h5-8,10-13,15-16,18,20,28H,4,9,14,17,19,21H2,1-3H3,(H,33,37). The number of nitrogens with one attached hydrogen (secondary N) is 1. The van der Waals surface area contributed by atoms with Crippen LogP contribution in [0.25, 0.3) is 0 Å². The molecule has 0 aliphatic carbocycles. The van der Waals surface area contributed by atoms with Crippen molar-refractivity contribution in [3.8, 4) is 0 Å². The van der Waals surface area contributed by atoms with Crippen molar-refractivity contribution in [2.75, 3.05) is 23.7 Å². The third-order valence-corrected chi connectivity index (χ3v) is 8.11. The molecule has 3 aromatic rings. The van der Waals surface area contributed by atoms with Gasteiger partial charge in [-0.25, -0.2) is 8.42 Å². The number of anilines is 1. The average Bonchev–Trinajstić information content (AvgIpc) is 2.90. The molecule has 0 radical (unpaired) electrons. The molecule has 3 rings (SSSR count). The molecule has 40 heavy (non-hydrogen) atoms. The molecular formula is C30H35Cl2N3O4S. The van der Waals surface area contributed by atoms with Crippen molar-refractivity contribution in [2.45, 2.75) is 45.7 Å². The first-order valence-corrected chi connectivity index (χ1v) is 15.7. The number of carbonyl (C=O) groups excluding carboxylic acids is 2. The molecule has 0 saturated heterocycles. The summed E-state index contributed by atoms with van der Waals surface area (Å²) in [6.07, 6.45) is 1.75. The molecule has 0 aliphatic rings. The fraction of sp³-hybridized carbons (Fsp3) is 0.333. The third-order valence-electron chi connectivity index (χ3n) is 6.46. The van der Waals surface area contributed by atoms with E-state index in [-0.39, 0.29) is 37.7 Å². The molecule has 0 fully saturated rings. The van der Waals surface area contributed by atoms with Crippen LogP contribution in [0.4, 0.5) is 5.69 Å². The van der Waals surface area contributed by atoms with E-state index in [0.717, 1.165) is 22.9 Å². The van der Waals surface area contributed by atoms with E-state index >= 15 is 0 Å². The number of aryl methyl sites for hydroxylation is 1.